The summed E-state index contributed by atoms with van der Waals surface area (Å²) < 4.78 is 0. The van der Waals surface area contributed by atoms with Gasteiger partial charge in [0, 0.05) is 18.5 Å². The summed E-state index contributed by atoms with van der Waals surface area (Å²) in [6.07, 6.45) is 3.45. The third-order valence-electron chi connectivity index (χ3n) is 3.88. The van der Waals surface area contributed by atoms with Crippen LogP contribution < -0.4 is 0 Å². The lowest BCUT2D eigenvalue weighted by Gasteiger charge is -2.26. The zero-order valence-electron chi connectivity index (χ0n) is 9.90. The number of likely N-dealkylation sites (tertiary alicyclic amines) is 1. The number of carbonyl (C=O) groups is 1. The Hall–Kier alpha value is -0.900. The third-order valence-corrected chi connectivity index (χ3v) is 4.46. The van der Waals surface area contributed by atoms with Crippen LogP contribution in [-0.4, -0.2) is 28.9 Å². The predicted molar refractivity (Wildman–Crippen MR) is 65.6 cm³/mol. The quantitative estimate of drug-likeness (QED) is 0.811. The molecular formula is C12H18N2OS. The van der Waals surface area contributed by atoms with E-state index in [1.54, 1.807) is 5.51 Å². The highest BCUT2D eigenvalue weighted by molar-refractivity contribution is 7.07. The van der Waals surface area contributed by atoms with Gasteiger partial charge >= 0.3 is 0 Å². The van der Waals surface area contributed by atoms with Crippen LogP contribution in [0.5, 0.6) is 0 Å². The summed E-state index contributed by atoms with van der Waals surface area (Å²) in [5.41, 5.74) is 2.68. The van der Waals surface area contributed by atoms with E-state index < -0.39 is 0 Å². The summed E-state index contributed by atoms with van der Waals surface area (Å²) in [5.74, 6) is 0.102. The van der Waals surface area contributed by atoms with E-state index in [-0.39, 0.29) is 5.91 Å². The van der Waals surface area contributed by atoms with Gasteiger partial charge in [-0.05, 0) is 24.7 Å². The largest absolute Gasteiger partial charge is 0.337 e. The minimum atomic E-state index is 0.102. The Balaban J connectivity index is 2.06. The van der Waals surface area contributed by atoms with Crippen molar-refractivity contribution in [3.63, 3.8) is 0 Å². The lowest BCUT2D eigenvalue weighted by molar-refractivity contribution is 0.0765. The highest BCUT2D eigenvalue weighted by Gasteiger charge is 2.37. The number of rotatable bonds is 3. The first-order chi connectivity index (χ1) is 7.71. The van der Waals surface area contributed by atoms with Crippen molar-refractivity contribution in [3.8, 4) is 0 Å². The van der Waals surface area contributed by atoms with Crippen molar-refractivity contribution in [3.05, 3.63) is 16.6 Å². The lowest BCUT2D eigenvalue weighted by Crippen LogP contribution is -2.31. The fourth-order valence-corrected chi connectivity index (χ4v) is 2.94. The van der Waals surface area contributed by atoms with Gasteiger partial charge in [0.2, 0.25) is 0 Å². The molecule has 4 heteroatoms. The molecule has 1 saturated heterocycles. The van der Waals surface area contributed by atoms with E-state index in [4.69, 9.17) is 0 Å². The first-order valence-corrected chi connectivity index (χ1v) is 6.82. The maximum atomic E-state index is 12.1. The third kappa shape index (κ3) is 1.98. The molecule has 3 nitrogen and oxygen atoms in total. The van der Waals surface area contributed by atoms with E-state index in [2.05, 4.69) is 18.8 Å². The molecule has 2 rings (SSSR count). The lowest BCUT2D eigenvalue weighted by atomic mass is 9.82. The normalized spacial score (nSPS) is 19.0. The van der Waals surface area contributed by atoms with E-state index in [1.807, 2.05) is 10.3 Å². The van der Waals surface area contributed by atoms with E-state index in [0.717, 1.165) is 32.4 Å². The molecule has 1 aromatic rings. The molecule has 88 valence electrons. The predicted octanol–water partition coefficient (Wildman–Crippen LogP) is 2.80. The number of aromatic nitrogens is 1. The van der Waals surface area contributed by atoms with Gasteiger partial charge < -0.3 is 4.90 Å². The molecule has 0 unspecified atom stereocenters. The Labute approximate surface area is 100 Å². The zero-order valence-corrected chi connectivity index (χ0v) is 10.7. The Bertz CT molecular complexity index is 357. The maximum absolute atomic E-state index is 12.1. The van der Waals surface area contributed by atoms with Gasteiger partial charge in [-0.3, -0.25) is 4.79 Å². The average molecular weight is 238 g/mol. The summed E-state index contributed by atoms with van der Waals surface area (Å²) in [5, 5.41) is 1.83. The molecule has 1 aliphatic rings. The van der Waals surface area contributed by atoms with Gasteiger partial charge in [-0.15, -0.1) is 11.3 Å². The van der Waals surface area contributed by atoms with Crippen molar-refractivity contribution in [2.75, 3.05) is 13.1 Å². The summed E-state index contributed by atoms with van der Waals surface area (Å²) in [7, 11) is 0. The first kappa shape index (κ1) is 11.6. The molecular weight excluding hydrogens is 220 g/mol. The smallest absolute Gasteiger partial charge is 0.273 e. The second kappa shape index (κ2) is 4.53. The van der Waals surface area contributed by atoms with Gasteiger partial charge in [0.15, 0.2) is 0 Å². The van der Waals surface area contributed by atoms with E-state index in [0.29, 0.717) is 11.1 Å². The van der Waals surface area contributed by atoms with Crippen LogP contribution in [0.15, 0.2) is 10.9 Å². The van der Waals surface area contributed by atoms with Crippen LogP contribution in [0.4, 0.5) is 0 Å². The second-order valence-electron chi connectivity index (χ2n) is 4.56. The molecule has 0 N–H and O–H groups in total. The van der Waals surface area contributed by atoms with Crippen molar-refractivity contribution >= 4 is 17.2 Å². The second-order valence-corrected chi connectivity index (χ2v) is 5.28. The highest BCUT2D eigenvalue weighted by atomic mass is 32.1. The van der Waals surface area contributed by atoms with E-state index in [9.17, 15) is 4.79 Å². The van der Waals surface area contributed by atoms with Crippen molar-refractivity contribution in [1.82, 2.24) is 9.88 Å². The highest BCUT2D eigenvalue weighted by Crippen LogP contribution is 2.37. The van der Waals surface area contributed by atoms with Gasteiger partial charge in [0.1, 0.15) is 5.69 Å². The molecule has 16 heavy (non-hydrogen) atoms. The summed E-state index contributed by atoms with van der Waals surface area (Å²) in [4.78, 5) is 18.1. The van der Waals surface area contributed by atoms with Gasteiger partial charge in [-0.25, -0.2) is 4.98 Å². The molecule has 0 aromatic carbocycles. The number of hydrogen-bond acceptors (Lipinski definition) is 3. The van der Waals surface area contributed by atoms with E-state index in [1.165, 1.54) is 11.3 Å². The molecule has 2 heterocycles. The summed E-state index contributed by atoms with van der Waals surface area (Å²) in [6.45, 7) is 6.23. The van der Waals surface area contributed by atoms with Crippen LogP contribution in [0, 0.1) is 5.41 Å². The van der Waals surface area contributed by atoms with E-state index >= 15 is 0 Å². The van der Waals surface area contributed by atoms with Crippen molar-refractivity contribution in [1.29, 1.82) is 0 Å². The van der Waals surface area contributed by atoms with Gasteiger partial charge in [-0.1, -0.05) is 13.8 Å². The van der Waals surface area contributed by atoms with Gasteiger partial charge in [0.25, 0.3) is 5.91 Å². The van der Waals surface area contributed by atoms with Crippen LogP contribution in [-0.2, 0) is 0 Å². The molecule has 0 radical (unpaired) electrons. The Morgan fingerprint density at radius 3 is 2.81 bits per heavy atom. The van der Waals surface area contributed by atoms with Crippen molar-refractivity contribution in [2.45, 2.75) is 33.1 Å². The number of nitrogens with zero attached hydrogens (tertiary/aromatic N) is 2. The van der Waals surface area contributed by atoms with Crippen molar-refractivity contribution in [2.24, 2.45) is 5.41 Å². The average Bonchev–Trinajstić information content (AvgIpc) is 2.98. The summed E-state index contributed by atoms with van der Waals surface area (Å²) in [6, 6.07) is 0. The SMILES string of the molecule is CCC1(CC)CCN(C(=O)c2cscn2)C1. The monoisotopic (exact) mass is 238 g/mol. The minimum Gasteiger partial charge on any atom is -0.337 e. The molecule has 0 atom stereocenters. The fraction of sp³-hybridized carbons (Fsp3) is 0.667. The zero-order chi connectivity index (χ0) is 11.6. The molecule has 1 fully saturated rings. The Morgan fingerprint density at radius 1 is 1.56 bits per heavy atom. The minimum absolute atomic E-state index is 0.102. The number of amides is 1. The molecule has 0 bridgehead atoms. The van der Waals surface area contributed by atoms with Crippen LogP contribution in [0.1, 0.15) is 43.6 Å². The van der Waals surface area contributed by atoms with Crippen LogP contribution in [0.25, 0.3) is 0 Å². The molecule has 1 aliphatic heterocycles. The van der Waals surface area contributed by atoms with Crippen LogP contribution in [0.3, 0.4) is 0 Å². The van der Waals surface area contributed by atoms with Crippen molar-refractivity contribution < 1.29 is 4.79 Å². The fourth-order valence-electron chi connectivity index (χ4n) is 2.42. The number of hydrogen-bond donors (Lipinski definition) is 0. The molecule has 0 spiro atoms. The number of thiazole rings is 1. The van der Waals surface area contributed by atoms with Gasteiger partial charge in [-0.2, -0.15) is 0 Å². The Morgan fingerprint density at radius 2 is 2.31 bits per heavy atom. The standard InChI is InChI=1S/C12H18N2OS/c1-3-12(4-2)5-6-14(8-12)11(15)10-7-16-9-13-10/h7,9H,3-6,8H2,1-2H3. The van der Waals surface area contributed by atoms with Gasteiger partial charge in [0.05, 0.1) is 5.51 Å². The molecule has 1 amide bonds. The molecule has 0 aliphatic carbocycles. The molecule has 0 saturated carbocycles. The topological polar surface area (TPSA) is 33.2 Å². The number of carbonyl (C=O) groups excluding carboxylic acids is 1. The first-order valence-electron chi connectivity index (χ1n) is 5.88. The van der Waals surface area contributed by atoms with Crippen LogP contribution >= 0.6 is 11.3 Å². The summed E-state index contributed by atoms with van der Waals surface area (Å²) >= 11 is 1.48. The van der Waals surface area contributed by atoms with Crippen LogP contribution in [0.2, 0.25) is 0 Å². The maximum Gasteiger partial charge on any atom is 0.273 e. The molecule has 1 aromatic heterocycles. The Kier molecular flexibility index (Phi) is 3.28.